The van der Waals surface area contributed by atoms with Crippen molar-refractivity contribution in [3.8, 4) is 0 Å². The highest BCUT2D eigenvalue weighted by Gasteiger charge is 2.79. The molecule has 2 aliphatic carbocycles. The van der Waals surface area contributed by atoms with Crippen molar-refractivity contribution in [2.75, 3.05) is 0 Å². The highest BCUT2D eigenvalue weighted by Crippen LogP contribution is 2.67. The van der Waals surface area contributed by atoms with E-state index >= 15 is 0 Å². The number of benzene rings is 1. The smallest absolute Gasteiger partial charge is 0.242 e. The third-order valence-electron chi connectivity index (χ3n) is 4.51. The van der Waals surface area contributed by atoms with Gasteiger partial charge >= 0.3 is 11.8 Å². The van der Waals surface area contributed by atoms with Crippen LogP contribution in [0.2, 0.25) is 0 Å². The first-order chi connectivity index (χ1) is 10.8. The van der Waals surface area contributed by atoms with E-state index in [0.717, 1.165) is 6.07 Å². The van der Waals surface area contributed by atoms with Gasteiger partial charge in [-0.05, 0) is 44.0 Å². The topological polar surface area (TPSA) is 29.1 Å². The Morgan fingerprint density at radius 2 is 1.79 bits per heavy atom. The Bertz CT molecular complexity index is 783. The number of nitrogens with one attached hydrogen (secondary N) is 1. The third kappa shape index (κ3) is 1.87. The molecule has 1 aromatic carbocycles. The van der Waals surface area contributed by atoms with Gasteiger partial charge in [-0.25, -0.2) is 13.3 Å². The van der Waals surface area contributed by atoms with E-state index in [4.69, 9.17) is 0 Å². The molecule has 2 nitrogen and oxygen atoms in total. The minimum Gasteiger partial charge on any atom is -0.242 e. The van der Waals surface area contributed by atoms with Crippen molar-refractivity contribution in [3.05, 3.63) is 41.2 Å². The summed E-state index contributed by atoms with van der Waals surface area (Å²) in [6, 6.07) is 1.41. The average Bonchev–Trinajstić information content (AvgIpc) is 2.78. The van der Waals surface area contributed by atoms with E-state index in [2.05, 4.69) is 11.3 Å². The van der Waals surface area contributed by atoms with Gasteiger partial charge in [0.15, 0.2) is 0 Å². The second-order valence-corrected chi connectivity index (χ2v) is 9.13. The number of halogens is 5. The Hall–Kier alpha value is -1.28. The Morgan fingerprint density at radius 3 is 2.33 bits per heavy atom. The Morgan fingerprint density at radius 1 is 1.21 bits per heavy atom. The van der Waals surface area contributed by atoms with Crippen molar-refractivity contribution in [1.82, 2.24) is 4.72 Å². The van der Waals surface area contributed by atoms with Crippen LogP contribution in [0.25, 0.3) is 5.57 Å². The van der Waals surface area contributed by atoms with E-state index in [1.54, 1.807) is 0 Å². The molecule has 0 aromatic heterocycles. The molecule has 0 saturated carbocycles. The summed E-state index contributed by atoms with van der Waals surface area (Å²) in [5.74, 6) is -9.97. The predicted octanol–water partition coefficient (Wildman–Crippen LogP) is 4.23. The van der Waals surface area contributed by atoms with E-state index in [1.165, 1.54) is 20.8 Å². The third-order valence-corrected chi connectivity index (χ3v) is 6.15. The summed E-state index contributed by atoms with van der Waals surface area (Å²) in [4.78, 5) is 0. The van der Waals surface area contributed by atoms with E-state index in [-0.39, 0.29) is 11.1 Å². The maximum atomic E-state index is 14.8. The van der Waals surface area contributed by atoms with Crippen LogP contribution in [-0.4, -0.2) is 14.9 Å². The van der Waals surface area contributed by atoms with Crippen molar-refractivity contribution < 1.29 is 26.2 Å². The molecule has 0 saturated heterocycles. The Balaban J connectivity index is 2.32. The summed E-state index contributed by atoms with van der Waals surface area (Å²) in [7, 11) is -2.07. The van der Waals surface area contributed by atoms with Gasteiger partial charge in [0.05, 0.1) is 15.7 Å². The fourth-order valence-electron chi connectivity index (χ4n) is 3.29. The minimum absolute atomic E-state index is 0.0158. The lowest BCUT2D eigenvalue weighted by molar-refractivity contribution is -0.238. The Kier molecular flexibility index (Phi) is 3.41. The summed E-state index contributed by atoms with van der Waals surface area (Å²) in [6.45, 7) is 8.12. The molecular weight excluding hydrogens is 349 g/mol. The molecule has 132 valence electrons. The number of hydrogen-bond donors (Lipinski definition) is 1. The van der Waals surface area contributed by atoms with Crippen molar-refractivity contribution in [2.24, 2.45) is 0 Å². The molecule has 8 heteroatoms. The summed E-state index contributed by atoms with van der Waals surface area (Å²) >= 11 is 0. The van der Waals surface area contributed by atoms with E-state index in [9.17, 15) is 26.2 Å². The summed E-state index contributed by atoms with van der Waals surface area (Å²) < 4.78 is 86.2. The fourth-order valence-corrected chi connectivity index (χ4v) is 4.22. The lowest BCUT2D eigenvalue weighted by Gasteiger charge is -2.37. The molecule has 0 heterocycles. The first kappa shape index (κ1) is 17.5. The van der Waals surface area contributed by atoms with Gasteiger partial charge in [-0.15, -0.1) is 0 Å². The van der Waals surface area contributed by atoms with Gasteiger partial charge in [-0.2, -0.15) is 17.6 Å². The number of hydrogen-bond acceptors (Lipinski definition) is 1. The predicted molar refractivity (Wildman–Crippen MR) is 81.6 cm³/mol. The summed E-state index contributed by atoms with van der Waals surface area (Å²) in [6.07, 6.45) is -0.638. The van der Waals surface area contributed by atoms with Crippen molar-refractivity contribution >= 4 is 16.6 Å². The van der Waals surface area contributed by atoms with Gasteiger partial charge in [-0.3, -0.25) is 0 Å². The van der Waals surface area contributed by atoms with Gasteiger partial charge in [0.2, 0.25) is 0 Å². The van der Waals surface area contributed by atoms with Gasteiger partial charge < -0.3 is 0 Å². The van der Waals surface area contributed by atoms with E-state index in [0.29, 0.717) is 6.07 Å². The number of rotatable bonds is 2. The van der Waals surface area contributed by atoms with E-state index in [1.807, 2.05) is 0 Å². The van der Waals surface area contributed by atoms with Crippen LogP contribution >= 0.6 is 0 Å². The van der Waals surface area contributed by atoms with Gasteiger partial charge in [-0.1, -0.05) is 6.58 Å². The zero-order valence-electron chi connectivity index (χ0n) is 13.3. The van der Waals surface area contributed by atoms with Crippen LogP contribution in [0.4, 0.5) is 22.0 Å². The molecule has 0 radical (unpaired) electrons. The fraction of sp³-hybridized carbons (Fsp3) is 0.500. The Labute approximate surface area is 138 Å². The van der Waals surface area contributed by atoms with Crippen LogP contribution in [0.15, 0.2) is 18.7 Å². The molecule has 0 spiro atoms. The molecule has 2 unspecified atom stereocenters. The minimum atomic E-state index is -4.58. The van der Waals surface area contributed by atoms with Crippen LogP contribution in [-0.2, 0) is 22.4 Å². The average molecular weight is 365 g/mol. The molecule has 0 fully saturated rings. The largest absolute Gasteiger partial charge is 0.338 e. The van der Waals surface area contributed by atoms with Crippen LogP contribution in [0.3, 0.4) is 0 Å². The standard InChI is InChI=1S/C16H16F5NOS/c1-8-7-14(22-24(23)13(2,3)4)12-9(5-6-10(17)11(8)12)15(18,19)16(14,20)21/h5-6,22H,1,7H2,2-4H3. The van der Waals surface area contributed by atoms with Crippen LogP contribution < -0.4 is 4.72 Å². The maximum Gasteiger partial charge on any atom is 0.338 e. The van der Waals surface area contributed by atoms with Crippen molar-refractivity contribution in [1.29, 1.82) is 0 Å². The molecular formula is C16H16F5NOS. The van der Waals surface area contributed by atoms with E-state index < -0.39 is 56.5 Å². The van der Waals surface area contributed by atoms with Gasteiger partial charge in [0.25, 0.3) is 0 Å². The van der Waals surface area contributed by atoms with Crippen LogP contribution in [0, 0.1) is 5.82 Å². The highest BCUT2D eigenvalue weighted by molar-refractivity contribution is 7.84. The summed E-state index contributed by atoms with van der Waals surface area (Å²) in [5, 5.41) is 0. The molecule has 3 rings (SSSR count). The van der Waals surface area contributed by atoms with Gasteiger partial charge in [0, 0.05) is 17.5 Å². The first-order valence-corrected chi connectivity index (χ1v) is 8.39. The SMILES string of the molecule is C=C1CC2(NS(=O)C(C)(C)C)c3c(ccc(F)c31)C(F)(F)C2(F)F. The monoisotopic (exact) mass is 365 g/mol. The molecule has 0 aliphatic heterocycles. The zero-order chi connectivity index (χ0) is 18.3. The van der Waals surface area contributed by atoms with Crippen molar-refractivity contribution in [3.63, 3.8) is 0 Å². The molecule has 2 aliphatic rings. The van der Waals surface area contributed by atoms with Crippen LogP contribution in [0.1, 0.15) is 43.9 Å². The molecule has 0 bridgehead atoms. The lowest BCUT2D eigenvalue weighted by Crippen LogP contribution is -2.58. The zero-order valence-corrected chi connectivity index (χ0v) is 14.1. The molecule has 24 heavy (non-hydrogen) atoms. The summed E-state index contributed by atoms with van der Waals surface area (Å²) in [5.41, 5.74) is -4.46. The molecule has 1 N–H and O–H groups in total. The van der Waals surface area contributed by atoms with Gasteiger partial charge in [0.1, 0.15) is 11.4 Å². The normalized spacial score (nSPS) is 28.1. The molecule has 1 aromatic rings. The number of alkyl halides is 4. The second-order valence-electron chi connectivity index (χ2n) is 7.16. The molecule has 2 atom stereocenters. The first-order valence-electron chi connectivity index (χ1n) is 7.24. The quantitative estimate of drug-likeness (QED) is 0.781. The van der Waals surface area contributed by atoms with Crippen LogP contribution in [0.5, 0.6) is 0 Å². The maximum absolute atomic E-state index is 14.8. The second kappa shape index (κ2) is 4.66. The highest BCUT2D eigenvalue weighted by atomic mass is 32.2. The van der Waals surface area contributed by atoms with Crippen molar-refractivity contribution in [2.45, 2.75) is 49.3 Å². The lowest BCUT2D eigenvalue weighted by atomic mass is 9.91. The molecule has 0 amide bonds.